The summed E-state index contributed by atoms with van der Waals surface area (Å²) in [6.07, 6.45) is 34.6. The summed E-state index contributed by atoms with van der Waals surface area (Å²) in [5.41, 5.74) is 0. The summed E-state index contributed by atoms with van der Waals surface area (Å²) in [4.78, 5) is 34.7. The number of hydrogen-bond donors (Lipinski definition) is 3. The van der Waals surface area contributed by atoms with Crippen molar-refractivity contribution in [2.75, 3.05) is 26.4 Å². The van der Waals surface area contributed by atoms with Gasteiger partial charge in [0.05, 0.1) is 19.8 Å². The highest BCUT2D eigenvalue weighted by atomic mass is 31.2. The van der Waals surface area contributed by atoms with Crippen LogP contribution in [0, 0.1) is 0 Å². The highest BCUT2D eigenvalue weighted by Crippen LogP contribution is 2.43. The largest absolute Gasteiger partial charge is 0.472 e. The van der Waals surface area contributed by atoms with Gasteiger partial charge >= 0.3 is 19.8 Å². The summed E-state index contributed by atoms with van der Waals surface area (Å²) in [6.45, 7) is 2.01. The summed E-state index contributed by atoms with van der Waals surface area (Å²) in [7, 11) is -4.63. The van der Waals surface area contributed by atoms with E-state index >= 15 is 0 Å². The topological polar surface area (TPSA) is 149 Å². The summed E-state index contributed by atoms with van der Waals surface area (Å²) in [6, 6.07) is 0. The molecule has 0 saturated carbocycles. The van der Waals surface area contributed by atoms with Crippen LogP contribution in [0.3, 0.4) is 0 Å². The molecule has 0 aliphatic rings. The number of unbranched alkanes of at least 4 members (excludes halogenated alkanes) is 7. The van der Waals surface area contributed by atoms with Gasteiger partial charge in [0.15, 0.2) is 6.10 Å². The first-order valence-corrected chi connectivity index (χ1v) is 18.9. The number of phosphoric ester groups is 1. The van der Waals surface area contributed by atoms with Gasteiger partial charge in [-0.1, -0.05) is 106 Å². The van der Waals surface area contributed by atoms with Crippen LogP contribution in [0.4, 0.5) is 0 Å². The molecule has 0 aromatic rings. The first-order chi connectivity index (χ1) is 23.2. The van der Waals surface area contributed by atoms with Gasteiger partial charge in [0, 0.05) is 12.8 Å². The number of aliphatic hydroxyl groups excluding tert-OH is 2. The summed E-state index contributed by atoms with van der Waals surface area (Å²) in [5, 5.41) is 18.2. The van der Waals surface area contributed by atoms with Crippen molar-refractivity contribution in [3.8, 4) is 0 Å². The van der Waals surface area contributed by atoms with Crippen molar-refractivity contribution in [3.05, 3.63) is 72.9 Å². The molecule has 0 bridgehead atoms. The summed E-state index contributed by atoms with van der Waals surface area (Å²) in [5.74, 6) is -1.01. The summed E-state index contributed by atoms with van der Waals surface area (Å²) >= 11 is 0. The monoisotopic (exact) mass is 696 g/mol. The van der Waals surface area contributed by atoms with Crippen LogP contribution in [0.2, 0.25) is 0 Å². The van der Waals surface area contributed by atoms with Crippen molar-refractivity contribution >= 4 is 19.8 Å². The number of phosphoric acid groups is 1. The number of allylic oxidation sites excluding steroid dienone is 12. The van der Waals surface area contributed by atoms with E-state index in [1.807, 2.05) is 24.3 Å². The van der Waals surface area contributed by atoms with Gasteiger partial charge in [0.25, 0.3) is 0 Å². The van der Waals surface area contributed by atoms with E-state index in [4.69, 9.17) is 19.1 Å². The molecule has 0 rings (SSSR count). The molecular weight excluding hydrogens is 635 g/mol. The second-order valence-corrected chi connectivity index (χ2v) is 12.6. The molecule has 48 heavy (non-hydrogen) atoms. The number of rotatable bonds is 31. The predicted octanol–water partition coefficient (Wildman–Crippen LogP) is 8.16. The number of carbonyl (C=O) groups excluding carboxylic acids is 2. The lowest BCUT2D eigenvalue weighted by Crippen LogP contribution is -2.29. The van der Waals surface area contributed by atoms with Crippen LogP contribution in [0.25, 0.3) is 0 Å². The van der Waals surface area contributed by atoms with Crippen molar-refractivity contribution in [1.82, 2.24) is 0 Å². The molecule has 0 aliphatic heterocycles. The predicted molar refractivity (Wildman–Crippen MR) is 191 cm³/mol. The van der Waals surface area contributed by atoms with Crippen LogP contribution >= 0.6 is 7.82 Å². The minimum Gasteiger partial charge on any atom is -0.462 e. The zero-order chi connectivity index (χ0) is 35.6. The minimum absolute atomic E-state index is 0.148. The Kier molecular flexibility index (Phi) is 31.2. The van der Waals surface area contributed by atoms with Gasteiger partial charge in [-0.05, 0) is 64.2 Å². The average Bonchev–Trinajstić information content (AvgIpc) is 3.07. The van der Waals surface area contributed by atoms with Crippen LogP contribution in [-0.2, 0) is 32.7 Å². The fraction of sp³-hybridized carbons (Fsp3) is 0.622. The molecule has 10 nitrogen and oxygen atoms in total. The Morgan fingerprint density at radius 1 is 0.646 bits per heavy atom. The van der Waals surface area contributed by atoms with Crippen molar-refractivity contribution in [1.29, 1.82) is 0 Å². The lowest BCUT2D eigenvalue weighted by molar-refractivity contribution is -0.161. The molecule has 0 aromatic heterocycles. The molecule has 0 saturated heterocycles. The highest BCUT2D eigenvalue weighted by Gasteiger charge is 2.27. The molecule has 274 valence electrons. The van der Waals surface area contributed by atoms with Crippen molar-refractivity contribution in [3.63, 3.8) is 0 Å². The second-order valence-electron chi connectivity index (χ2n) is 11.2. The zero-order valence-corrected chi connectivity index (χ0v) is 30.1. The van der Waals surface area contributed by atoms with E-state index in [1.54, 1.807) is 0 Å². The van der Waals surface area contributed by atoms with Crippen LogP contribution in [0.15, 0.2) is 72.9 Å². The smallest absolute Gasteiger partial charge is 0.462 e. The molecular formula is C37H61O10P. The Balaban J connectivity index is 4.53. The van der Waals surface area contributed by atoms with E-state index < -0.39 is 51.8 Å². The lowest BCUT2D eigenvalue weighted by atomic mass is 10.1. The molecule has 0 heterocycles. The third kappa shape index (κ3) is 32.0. The third-order valence-corrected chi connectivity index (χ3v) is 7.62. The quantitative estimate of drug-likeness (QED) is 0.0213. The number of hydrogen-bond acceptors (Lipinski definition) is 9. The first kappa shape index (κ1) is 45.4. The SMILES string of the molecule is CC/C=C/C=C/C=C/CCCCCCCC(=O)OC(COC(=O)CCCC/C=C/C/C=C/C/C=C/CC)COP(=O)(O)OC[C@@H](O)CO. The fourth-order valence-corrected chi connectivity index (χ4v) is 4.79. The van der Waals surface area contributed by atoms with Gasteiger partial charge in [0.2, 0.25) is 0 Å². The lowest BCUT2D eigenvalue weighted by Gasteiger charge is -2.20. The number of ether oxygens (including phenoxy) is 2. The van der Waals surface area contributed by atoms with Gasteiger partial charge in [0.1, 0.15) is 12.7 Å². The number of carbonyl (C=O) groups is 2. The normalized spacial score (nSPS) is 15.0. The van der Waals surface area contributed by atoms with Gasteiger partial charge in [-0.25, -0.2) is 4.57 Å². The van der Waals surface area contributed by atoms with Crippen molar-refractivity contribution in [2.45, 2.75) is 122 Å². The van der Waals surface area contributed by atoms with E-state index in [-0.39, 0.29) is 19.4 Å². The minimum atomic E-state index is -4.63. The van der Waals surface area contributed by atoms with E-state index in [1.165, 1.54) is 0 Å². The van der Waals surface area contributed by atoms with E-state index in [9.17, 15) is 24.2 Å². The molecule has 3 N–H and O–H groups in total. The number of esters is 2. The maximum Gasteiger partial charge on any atom is 0.472 e. The molecule has 0 spiro atoms. The van der Waals surface area contributed by atoms with Crippen LogP contribution in [0.1, 0.15) is 110 Å². The Hall–Kier alpha value is -2.59. The Morgan fingerprint density at radius 3 is 1.90 bits per heavy atom. The average molecular weight is 697 g/mol. The van der Waals surface area contributed by atoms with Crippen LogP contribution < -0.4 is 0 Å². The van der Waals surface area contributed by atoms with Crippen molar-refractivity contribution in [2.24, 2.45) is 0 Å². The van der Waals surface area contributed by atoms with Crippen LogP contribution in [-0.4, -0.2) is 65.7 Å². The van der Waals surface area contributed by atoms with E-state index in [0.29, 0.717) is 12.8 Å². The summed E-state index contributed by atoms with van der Waals surface area (Å²) < 4.78 is 32.4. The van der Waals surface area contributed by atoms with Gasteiger partial charge in [-0.2, -0.15) is 0 Å². The second kappa shape index (κ2) is 32.9. The Bertz CT molecular complexity index is 1030. The first-order valence-electron chi connectivity index (χ1n) is 17.4. The maximum absolute atomic E-state index is 12.5. The van der Waals surface area contributed by atoms with Crippen molar-refractivity contribution < 1.29 is 47.8 Å². The molecule has 11 heteroatoms. The van der Waals surface area contributed by atoms with Crippen LogP contribution in [0.5, 0.6) is 0 Å². The molecule has 3 atom stereocenters. The molecule has 2 unspecified atom stereocenters. The zero-order valence-electron chi connectivity index (χ0n) is 29.2. The maximum atomic E-state index is 12.5. The van der Waals surface area contributed by atoms with Gasteiger partial charge < -0.3 is 24.6 Å². The fourth-order valence-electron chi connectivity index (χ4n) is 4.00. The molecule has 0 amide bonds. The standard InChI is InChI=1S/C37H61O10P/c1-3-5-7-9-11-13-15-17-19-21-23-25-27-29-37(41)47-35(33-46-48(42,43)45-31-34(39)30-38)32-44-36(40)28-26-24-22-20-18-16-14-12-10-8-6-4-2/h5-9,11-15,18,20,34-35,38-39H,3-4,10,16-17,19,21-33H2,1-2H3,(H,42,43)/b7-5+,8-6+,11-9+,14-12+,15-13+,20-18+/t34-,35?/m0/s1. The van der Waals surface area contributed by atoms with Gasteiger partial charge in [-0.15, -0.1) is 0 Å². The highest BCUT2D eigenvalue weighted by molar-refractivity contribution is 7.47. The molecule has 0 aliphatic carbocycles. The number of aliphatic hydroxyl groups is 2. The molecule has 0 radical (unpaired) electrons. The molecule has 0 aromatic carbocycles. The van der Waals surface area contributed by atoms with E-state index in [0.717, 1.165) is 70.6 Å². The third-order valence-electron chi connectivity index (χ3n) is 6.67. The Morgan fingerprint density at radius 2 is 1.19 bits per heavy atom. The van der Waals surface area contributed by atoms with Gasteiger partial charge in [-0.3, -0.25) is 18.6 Å². The van der Waals surface area contributed by atoms with E-state index in [2.05, 4.69) is 67.0 Å². The Labute approximate surface area is 288 Å². The molecule has 0 fully saturated rings.